The molecule has 0 aliphatic heterocycles. The highest BCUT2D eigenvalue weighted by Gasteiger charge is 2.10. The fraction of sp³-hybridized carbons (Fsp3) is 0.500. The number of benzene rings is 1. The summed E-state index contributed by atoms with van der Waals surface area (Å²) < 4.78 is 27.1. The van der Waals surface area contributed by atoms with Gasteiger partial charge in [-0.3, -0.25) is 0 Å². The molecule has 0 amide bonds. The molecular weight excluding hydrogens is 228 g/mol. The second-order valence-electron chi connectivity index (χ2n) is 3.86. The van der Waals surface area contributed by atoms with Gasteiger partial charge in [0.05, 0.1) is 4.90 Å². The lowest BCUT2D eigenvalue weighted by Crippen LogP contribution is -2.22. The largest absolute Gasteiger partial charge is 0.310 e. The summed E-state index contributed by atoms with van der Waals surface area (Å²) in [5.41, 5.74) is 0.643. The highest BCUT2D eigenvalue weighted by atomic mass is 32.2. The molecule has 0 radical (unpaired) electrons. The van der Waals surface area contributed by atoms with Crippen molar-refractivity contribution in [2.45, 2.75) is 38.3 Å². The zero-order valence-corrected chi connectivity index (χ0v) is 10.6. The first-order valence-corrected chi connectivity index (χ1v) is 6.37. The first-order chi connectivity index (χ1) is 7.54. The molecule has 1 nitrogen and oxygen atoms in total. The van der Waals surface area contributed by atoms with Gasteiger partial charge in [-0.15, -0.1) is 11.8 Å². The fourth-order valence-corrected chi connectivity index (χ4v) is 2.00. The number of hydrogen-bond donors (Lipinski definition) is 1. The second kappa shape index (κ2) is 6.21. The normalized spacial score (nSPS) is 11.1. The minimum Gasteiger partial charge on any atom is -0.310 e. The van der Waals surface area contributed by atoms with E-state index < -0.39 is 11.6 Å². The van der Waals surface area contributed by atoms with Crippen LogP contribution in [-0.4, -0.2) is 11.8 Å². The number of halogens is 2. The summed E-state index contributed by atoms with van der Waals surface area (Å²) in [6, 6.07) is 3.10. The van der Waals surface area contributed by atoms with Gasteiger partial charge in [-0.25, -0.2) is 8.78 Å². The Bertz CT molecular complexity index is 330. The molecule has 0 bridgehead atoms. The van der Waals surface area contributed by atoms with Crippen LogP contribution in [0.2, 0.25) is 0 Å². The third-order valence-electron chi connectivity index (χ3n) is 2.06. The maximum Gasteiger partial charge on any atom is 0.140 e. The van der Waals surface area contributed by atoms with Crippen LogP contribution in [0.3, 0.4) is 0 Å². The molecule has 0 fully saturated rings. The van der Waals surface area contributed by atoms with Crippen LogP contribution in [0.25, 0.3) is 0 Å². The highest BCUT2D eigenvalue weighted by molar-refractivity contribution is 7.99. The molecule has 1 rings (SSSR count). The molecule has 0 aromatic heterocycles. The molecule has 0 saturated carbocycles. The molecule has 0 heterocycles. The molecule has 90 valence electrons. The van der Waals surface area contributed by atoms with E-state index in [1.807, 2.05) is 20.8 Å². The second-order valence-corrected chi connectivity index (χ2v) is 5.13. The Labute approximate surface area is 99.6 Å². The minimum atomic E-state index is -0.465. The van der Waals surface area contributed by atoms with Crippen molar-refractivity contribution in [3.63, 3.8) is 0 Å². The molecule has 0 aliphatic rings. The predicted octanol–water partition coefficient (Wildman–Crippen LogP) is 3.57. The van der Waals surface area contributed by atoms with Crippen molar-refractivity contribution < 1.29 is 8.78 Å². The number of nitrogens with one attached hydrogen (secondary N) is 1. The summed E-state index contributed by atoms with van der Waals surface area (Å²) in [4.78, 5) is 0.121. The van der Waals surface area contributed by atoms with E-state index in [9.17, 15) is 8.78 Å². The Morgan fingerprint density at radius 2 is 1.81 bits per heavy atom. The SMILES string of the molecule is CCSc1c(F)cc(CNC(C)C)cc1F. The molecular formula is C12H17F2NS. The quantitative estimate of drug-likeness (QED) is 0.796. The molecule has 16 heavy (non-hydrogen) atoms. The van der Waals surface area contributed by atoms with Crippen molar-refractivity contribution >= 4 is 11.8 Å². The summed E-state index contributed by atoms with van der Waals surface area (Å²) in [6.45, 7) is 6.35. The average molecular weight is 245 g/mol. The summed E-state index contributed by atoms with van der Waals surface area (Å²) in [5.74, 6) is -0.267. The van der Waals surface area contributed by atoms with Crippen molar-refractivity contribution in [1.29, 1.82) is 0 Å². The molecule has 0 aliphatic carbocycles. The maximum absolute atomic E-state index is 13.5. The number of hydrogen-bond acceptors (Lipinski definition) is 2. The van der Waals surface area contributed by atoms with Crippen LogP contribution in [-0.2, 0) is 6.54 Å². The Morgan fingerprint density at radius 3 is 2.25 bits per heavy atom. The molecule has 0 saturated heterocycles. The topological polar surface area (TPSA) is 12.0 Å². The zero-order valence-electron chi connectivity index (χ0n) is 9.81. The molecule has 0 unspecified atom stereocenters. The van der Waals surface area contributed by atoms with Crippen LogP contribution in [0, 0.1) is 11.6 Å². The van der Waals surface area contributed by atoms with Crippen LogP contribution in [0.15, 0.2) is 17.0 Å². The van der Waals surface area contributed by atoms with Crippen LogP contribution in [0.1, 0.15) is 26.3 Å². The third-order valence-corrected chi connectivity index (χ3v) is 3.03. The Morgan fingerprint density at radius 1 is 1.25 bits per heavy atom. The van der Waals surface area contributed by atoms with E-state index in [2.05, 4.69) is 5.32 Å². The van der Waals surface area contributed by atoms with Gasteiger partial charge in [0.15, 0.2) is 0 Å². The van der Waals surface area contributed by atoms with Crippen molar-refractivity contribution in [3.05, 3.63) is 29.3 Å². The molecule has 1 aromatic carbocycles. The van der Waals surface area contributed by atoms with Gasteiger partial charge in [0, 0.05) is 12.6 Å². The van der Waals surface area contributed by atoms with Gasteiger partial charge in [-0.2, -0.15) is 0 Å². The maximum atomic E-state index is 13.5. The average Bonchev–Trinajstić information content (AvgIpc) is 2.20. The zero-order chi connectivity index (χ0) is 12.1. The van der Waals surface area contributed by atoms with E-state index in [1.165, 1.54) is 23.9 Å². The lowest BCUT2D eigenvalue weighted by atomic mass is 10.2. The first kappa shape index (κ1) is 13.5. The lowest BCUT2D eigenvalue weighted by molar-refractivity contribution is 0.529. The lowest BCUT2D eigenvalue weighted by Gasteiger charge is -2.10. The van der Waals surface area contributed by atoms with Crippen molar-refractivity contribution in [3.8, 4) is 0 Å². The van der Waals surface area contributed by atoms with Crippen LogP contribution in [0.5, 0.6) is 0 Å². The van der Waals surface area contributed by atoms with Crippen molar-refractivity contribution in [1.82, 2.24) is 5.32 Å². The van der Waals surface area contributed by atoms with Crippen LogP contribution in [0.4, 0.5) is 8.78 Å². The summed E-state index contributed by atoms with van der Waals surface area (Å²) in [7, 11) is 0. The number of rotatable bonds is 5. The Kier molecular flexibility index (Phi) is 5.22. The van der Waals surface area contributed by atoms with E-state index in [0.29, 0.717) is 23.9 Å². The molecule has 1 aromatic rings. The molecule has 4 heteroatoms. The van der Waals surface area contributed by atoms with E-state index >= 15 is 0 Å². The van der Waals surface area contributed by atoms with Gasteiger partial charge >= 0.3 is 0 Å². The summed E-state index contributed by atoms with van der Waals surface area (Å²) in [5, 5.41) is 3.13. The summed E-state index contributed by atoms with van der Waals surface area (Å²) in [6.07, 6.45) is 0. The third kappa shape index (κ3) is 3.76. The van der Waals surface area contributed by atoms with E-state index in [-0.39, 0.29) is 4.90 Å². The monoisotopic (exact) mass is 245 g/mol. The summed E-state index contributed by atoms with van der Waals surface area (Å²) >= 11 is 1.19. The van der Waals surface area contributed by atoms with Crippen molar-refractivity contribution in [2.75, 3.05) is 5.75 Å². The van der Waals surface area contributed by atoms with Gasteiger partial charge in [0.25, 0.3) is 0 Å². The van der Waals surface area contributed by atoms with Gasteiger partial charge in [0.2, 0.25) is 0 Å². The van der Waals surface area contributed by atoms with Gasteiger partial charge in [-0.1, -0.05) is 20.8 Å². The smallest absolute Gasteiger partial charge is 0.140 e. The van der Waals surface area contributed by atoms with Gasteiger partial charge in [0.1, 0.15) is 11.6 Å². The molecule has 0 atom stereocenters. The molecule has 0 spiro atoms. The highest BCUT2D eigenvalue weighted by Crippen LogP contribution is 2.26. The molecule has 1 N–H and O–H groups in total. The van der Waals surface area contributed by atoms with E-state index in [1.54, 1.807) is 0 Å². The van der Waals surface area contributed by atoms with E-state index in [4.69, 9.17) is 0 Å². The minimum absolute atomic E-state index is 0.121. The van der Waals surface area contributed by atoms with Crippen LogP contribution >= 0.6 is 11.8 Å². The van der Waals surface area contributed by atoms with Gasteiger partial charge in [-0.05, 0) is 23.4 Å². The fourth-order valence-electron chi connectivity index (χ4n) is 1.32. The van der Waals surface area contributed by atoms with E-state index in [0.717, 1.165) is 0 Å². The standard InChI is InChI=1S/C12H17F2NS/c1-4-16-12-10(13)5-9(6-11(12)14)7-15-8(2)3/h5-6,8,15H,4,7H2,1-3H3. The van der Waals surface area contributed by atoms with Crippen LogP contribution < -0.4 is 5.32 Å². The van der Waals surface area contributed by atoms with Crippen molar-refractivity contribution in [2.24, 2.45) is 0 Å². The number of thioether (sulfide) groups is 1. The van der Waals surface area contributed by atoms with Gasteiger partial charge < -0.3 is 5.32 Å². The predicted molar refractivity (Wildman–Crippen MR) is 64.7 cm³/mol. The Balaban J connectivity index is 2.82. The Hall–Kier alpha value is -0.610. The first-order valence-electron chi connectivity index (χ1n) is 5.38.